The van der Waals surface area contributed by atoms with Crippen LogP contribution in [0.4, 0.5) is 5.82 Å². The molecular weight excluding hydrogens is 454 g/mol. The molecule has 0 aromatic carbocycles. The summed E-state index contributed by atoms with van der Waals surface area (Å²) in [7, 11) is 1.97. The highest BCUT2D eigenvalue weighted by molar-refractivity contribution is 6.17. The van der Waals surface area contributed by atoms with E-state index >= 15 is 0 Å². The normalized spacial score (nSPS) is 25.8. The summed E-state index contributed by atoms with van der Waals surface area (Å²) >= 11 is 0. The van der Waals surface area contributed by atoms with Gasteiger partial charge >= 0.3 is 0 Å². The van der Waals surface area contributed by atoms with Crippen molar-refractivity contribution in [1.29, 1.82) is 0 Å². The lowest BCUT2D eigenvalue weighted by atomic mass is 9.62. The zero-order chi connectivity index (χ0) is 25.7. The largest absolute Gasteiger partial charge is 0.474 e. The van der Waals surface area contributed by atoms with Gasteiger partial charge in [-0.1, -0.05) is 13.3 Å². The Labute approximate surface area is 215 Å². The summed E-state index contributed by atoms with van der Waals surface area (Å²) in [5, 5.41) is 3.19. The van der Waals surface area contributed by atoms with Crippen LogP contribution in [-0.4, -0.2) is 54.3 Å². The van der Waals surface area contributed by atoms with Crippen LogP contribution in [0, 0.1) is 11.3 Å². The predicted molar refractivity (Wildman–Crippen MR) is 142 cm³/mol. The highest BCUT2D eigenvalue weighted by atomic mass is 16.5. The third kappa shape index (κ3) is 5.58. The molecule has 0 amide bonds. The molecule has 1 aromatic rings. The summed E-state index contributed by atoms with van der Waals surface area (Å²) in [6.45, 7) is 7.11. The predicted octanol–water partition coefficient (Wildman–Crippen LogP) is 4.03. The second-order valence-corrected chi connectivity index (χ2v) is 10.9. The number of hydrogen-bond acceptors (Lipinski definition) is 8. The van der Waals surface area contributed by atoms with Crippen molar-refractivity contribution in [2.45, 2.75) is 90.6 Å². The van der Waals surface area contributed by atoms with Crippen molar-refractivity contribution in [1.82, 2.24) is 15.3 Å². The highest BCUT2D eigenvalue weighted by Crippen LogP contribution is 2.45. The minimum absolute atomic E-state index is 0.0237. The minimum Gasteiger partial charge on any atom is -0.474 e. The average molecular weight is 498 g/mol. The maximum Gasteiger partial charge on any atom is 0.219 e. The minimum atomic E-state index is -0.889. The van der Waals surface area contributed by atoms with Crippen LogP contribution in [-0.2, 0) is 9.59 Å². The first-order valence-electron chi connectivity index (χ1n) is 13.9. The zero-order valence-electron chi connectivity index (χ0n) is 22.3. The maximum absolute atomic E-state index is 13.7. The lowest BCUT2D eigenvalue weighted by Crippen LogP contribution is -2.45. The fraction of sp³-hybridized carbons (Fsp3) is 0.714. The average Bonchev–Trinajstić information content (AvgIpc) is 3.42. The van der Waals surface area contributed by atoms with Crippen LogP contribution in [0.15, 0.2) is 11.6 Å². The molecule has 3 aliphatic rings. The summed E-state index contributed by atoms with van der Waals surface area (Å²) in [6.07, 6.45) is 9.23. The van der Waals surface area contributed by atoms with Gasteiger partial charge in [0.15, 0.2) is 11.6 Å². The van der Waals surface area contributed by atoms with Crippen molar-refractivity contribution in [3.05, 3.63) is 17.5 Å². The van der Waals surface area contributed by atoms with Gasteiger partial charge in [-0.2, -0.15) is 4.98 Å². The van der Waals surface area contributed by atoms with Crippen molar-refractivity contribution in [2.75, 3.05) is 31.6 Å². The van der Waals surface area contributed by atoms with Crippen molar-refractivity contribution >= 4 is 23.1 Å². The molecule has 2 heterocycles. The van der Waals surface area contributed by atoms with Gasteiger partial charge in [-0.25, -0.2) is 4.98 Å². The third-order valence-electron chi connectivity index (χ3n) is 8.41. The molecule has 2 aliphatic carbocycles. The van der Waals surface area contributed by atoms with Crippen LogP contribution in [0.1, 0.15) is 90.3 Å². The highest BCUT2D eigenvalue weighted by Gasteiger charge is 2.49. The number of carbonyl (C=O) groups is 2. The molecule has 36 heavy (non-hydrogen) atoms. The number of ether oxygens (including phenoxy) is 1. The number of nitrogens with one attached hydrogen (secondary N) is 1. The van der Waals surface area contributed by atoms with E-state index in [-0.39, 0.29) is 17.7 Å². The van der Waals surface area contributed by atoms with Crippen LogP contribution in [0.25, 0.3) is 5.70 Å². The van der Waals surface area contributed by atoms with Crippen molar-refractivity contribution in [3.63, 3.8) is 0 Å². The van der Waals surface area contributed by atoms with Gasteiger partial charge in [0.1, 0.15) is 17.7 Å². The molecule has 198 valence electrons. The second-order valence-electron chi connectivity index (χ2n) is 10.9. The molecular formula is C28H43N5O3. The molecule has 2 saturated carbocycles. The summed E-state index contributed by atoms with van der Waals surface area (Å²) in [5.41, 5.74) is 6.58. The number of ketones is 2. The summed E-state index contributed by atoms with van der Waals surface area (Å²) in [5.74, 6) is 1.97. The Balaban J connectivity index is 1.64. The molecule has 1 aliphatic heterocycles. The smallest absolute Gasteiger partial charge is 0.219 e. The Bertz CT molecular complexity index is 983. The van der Waals surface area contributed by atoms with Crippen molar-refractivity contribution in [3.8, 4) is 5.88 Å². The number of rotatable bonds is 9. The van der Waals surface area contributed by atoms with Crippen LogP contribution < -0.4 is 20.7 Å². The molecule has 0 bridgehead atoms. The van der Waals surface area contributed by atoms with E-state index < -0.39 is 5.41 Å². The molecule has 1 saturated heterocycles. The zero-order valence-corrected chi connectivity index (χ0v) is 22.3. The van der Waals surface area contributed by atoms with Crippen LogP contribution >= 0.6 is 0 Å². The Morgan fingerprint density at radius 2 is 1.86 bits per heavy atom. The van der Waals surface area contributed by atoms with E-state index in [1.165, 1.54) is 0 Å². The number of allylic oxidation sites excluding steroid dienone is 1. The SMILES string of the molecule is CNCCC[C@H](C)[C@H](C)Oc1cc(N2CCCC2)nc(/C(N)=C2\CCC[C@@]3(CCCCC3=O)C2=O)n1. The van der Waals surface area contributed by atoms with Crippen LogP contribution in [0.2, 0.25) is 0 Å². The first kappa shape index (κ1) is 26.6. The van der Waals surface area contributed by atoms with Gasteiger partial charge in [-0.3, -0.25) is 9.59 Å². The van der Waals surface area contributed by atoms with E-state index in [2.05, 4.69) is 24.1 Å². The number of hydrogen-bond donors (Lipinski definition) is 2. The standard InChI is InChI=1S/C28H43N5O3/c1-19(10-9-15-30-3)20(2)36-24-18-23(33-16-6-7-17-33)31-27(32-24)25(29)21-11-8-14-28(26(21)35)13-5-4-12-22(28)34/h18-20,30H,4-17,29H2,1-3H3/b25-21-/t19-,20-,28+/m0/s1. The fourth-order valence-electron chi connectivity index (χ4n) is 5.91. The van der Waals surface area contributed by atoms with Crippen molar-refractivity contribution in [2.24, 2.45) is 17.1 Å². The summed E-state index contributed by atoms with van der Waals surface area (Å²) in [4.78, 5) is 38.3. The molecule has 1 aromatic heterocycles. The van der Waals surface area contributed by atoms with Gasteiger partial charge in [0, 0.05) is 31.1 Å². The first-order chi connectivity index (χ1) is 17.4. The van der Waals surface area contributed by atoms with Crippen LogP contribution in [0.5, 0.6) is 5.88 Å². The molecule has 1 spiro atoms. The van der Waals surface area contributed by atoms with E-state index in [1.807, 2.05) is 13.1 Å². The maximum atomic E-state index is 13.7. The van der Waals surface area contributed by atoms with Crippen molar-refractivity contribution < 1.29 is 14.3 Å². The fourth-order valence-corrected chi connectivity index (χ4v) is 5.91. The first-order valence-corrected chi connectivity index (χ1v) is 13.9. The number of anilines is 1. The lowest BCUT2D eigenvalue weighted by Gasteiger charge is -2.38. The summed E-state index contributed by atoms with van der Waals surface area (Å²) < 4.78 is 6.32. The van der Waals surface area contributed by atoms with E-state index in [0.717, 1.165) is 70.4 Å². The van der Waals surface area contributed by atoms with E-state index in [1.54, 1.807) is 0 Å². The Morgan fingerprint density at radius 1 is 1.11 bits per heavy atom. The van der Waals surface area contributed by atoms with E-state index in [9.17, 15) is 9.59 Å². The molecule has 4 rings (SSSR count). The molecule has 0 unspecified atom stereocenters. The molecule has 3 fully saturated rings. The number of Topliss-reactive ketones (excluding diaryl/α,β-unsaturated/α-hetero) is 2. The number of nitrogens with zero attached hydrogens (tertiary/aromatic N) is 3. The quantitative estimate of drug-likeness (QED) is 0.299. The lowest BCUT2D eigenvalue weighted by molar-refractivity contribution is -0.143. The second kappa shape index (κ2) is 11.7. The van der Waals surface area contributed by atoms with Gasteiger partial charge in [-0.15, -0.1) is 0 Å². The molecule has 3 N–H and O–H groups in total. The number of aromatic nitrogens is 2. The van der Waals surface area contributed by atoms with Gasteiger partial charge in [0.05, 0.1) is 11.1 Å². The molecule has 0 radical (unpaired) electrons. The topological polar surface area (TPSA) is 110 Å². The van der Waals surface area contributed by atoms with E-state index in [4.69, 9.17) is 20.4 Å². The van der Waals surface area contributed by atoms with Gasteiger partial charge < -0.3 is 20.7 Å². The molecule has 8 heteroatoms. The third-order valence-corrected chi connectivity index (χ3v) is 8.41. The van der Waals surface area contributed by atoms with Gasteiger partial charge in [0.25, 0.3) is 0 Å². The van der Waals surface area contributed by atoms with Gasteiger partial charge in [0.2, 0.25) is 5.88 Å². The number of nitrogens with two attached hydrogens (primary N) is 1. The Morgan fingerprint density at radius 3 is 2.58 bits per heavy atom. The van der Waals surface area contributed by atoms with Gasteiger partial charge in [-0.05, 0) is 84.2 Å². The molecule has 8 nitrogen and oxygen atoms in total. The molecule has 3 atom stereocenters. The van der Waals surface area contributed by atoms with Crippen LogP contribution in [0.3, 0.4) is 0 Å². The van der Waals surface area contributed by atoms with E-state index in [0.29, 0.717) is 54.6 Å². The number of carbonyl (C=O) groups excluding carboxylic acids is 2. The monoisotopic (exact) mass is 497 g/mol. The Kier molecular flexibility index (Phi) is 8.65. The Hall–Kier alpha value is -2.48. The summed E-state index contributed by atoms with van der Waals surface area (Å²) in [6, 6.07) is 1.90.